The van der Waals surface area contributed by atoms with E-state index in [0.29, 0.717) is 24.6 Å². The van der Waals surface area contributed by atoms with Gasteiger partial charge in [0, 0.05) is 24.9 Å². The topological polar surface area (TPSA) is 88.1 Å². The quantitative estimate of drug-likeness (QED) is 0.668. The number of carbonyl (C=O) groups is 2. The van der Waals surface area contributed by atoms with Crippen LogP contribution in [0.15, 0.2) is 23.6 Å². The SMILES string of the molecule is CC1CC(=O)NC(n2nc(-c3cccs3)cc2NC(=O)CCC2CCCCC2)N1. The first-order valence-electron chi connectivity index (χ1n) is 10.6. The predicted octanol–water partition coefficient (Wildman–Crippen LogP) is 3.86. The zero-order chi connectivity index (χ0) is 20.2. The minimum atomic E-state index is -0.478. The number of hydrogen-bond donors (Lipinski definition) is 3. The summed E-state index contributed by atoms with van der Waals surface area (Å²) in [7, 11) is 0. The first-order chi connectivity index (χ1) is 14.1. The fourth-order valence-electron chi connectivity index (χ4n) is 4.24. The van der Waals surface area contributed by atoms with Crippen molar-refractivity contribution in [2.45, 2.75) is 70.6 Å². The van der Waals surface area contributed by atoms with E-state index in [2.05, 4.69) is 21.0 Å². The first kappa shape index (κ1) is 20.1. The molecule has 3 N–H and O–H groups in total. The van der Waals surface area contributed by atoms with E-state index in [1.165, 1.54) is 32.1 Å². The molecule has 2 aromatic rings. The molecule has 29 heavy (non-hydrogen) atoms. The Morgan fingerprint density at radius 2 is 2.17 bits per heavy atom. The van der Waals surface area contributed by atoms with Gasteiger partial charge in [-0.05, 0) is 30.7 Å². The molecule has 0 radical (unpaired) electrons. The van der Waals surface area contributed by atoms with Crippen molar-refractivity contribution in [2.75, 3.05) is 5.32 Å². The molecular formula is C21H29N5O2S. The number of thiophene rings is 1. The molecule has 0 bridgehead atoms. The molecule has 2 aliphatic rings. The van der Waals surface area contributed by atoms with Gasteiger partial charge in [0.05, 0.1) is 4.88 Å². The van der Waals surface area contributed by atoms with Crippen molar-refractivity contribution in [2.24, 2.45) is 5.92 Å². The Kier molecular flexibility index (Phi) is 6.30. The third-order valence-corrected chi connectivity index (χ3v) is 6.65. The number of nitrogens with zero attached hydrogens (tertiary/aromatic N) is 2. The largest absolute Gasteiger partial charge is 0.322 e. The zero-order valence-electron chi connectivity index (χ0n) is 16.8. The maximum absolute atomic E-state index is 12.7. The van der Waals surface area contributed by atoms with E-state index in [4.69, 9.17) is 0 Å². The molecule has 1 aliphatic heterocycles. The lowest BCUT2D eigenvalue weighted by atomic mass is 9.86. The average Bonchev–Trinajstić information content (AvgIpc) is 3.36. The number of amides is 2. The lowest BCUT2D eigenvalue weighted by molar-refractivity contribution is -0.125. The molecular weight excluding hydrogens is 386 g/mol. The Morgan fingerprint density at radius 1 is 1.34 bits per heavy atom. The van der Waals surface area contributed by atoms with Gasteiger partial charge in [-0.1, -0.05) is 38.2 Å². The maximum atomic E-state index is 12.7. The zero-order valence-corrected chi connectivity index (χ0v) is 17.6. The fourth-order valence-corrected chi connectivity index (χ4v) is 4.92. The van der Waals surface area contributed by atoms with Crippen LogP contribution in [0.25, 0.3) is 10.6 Å². The molecule has 0 aromatic carbocycles. The number of anilines is 1. The van der Waals surface area contributed by atoms with Crippen LogP contribution in [-0.4, -0.2) is 27.6 Å². The van der Waals surface area contributed by atoms with Crippen LogP contribution in [0.2, 0.25) is 0 Å². The number of rotatable bonds is 6. The summed E-state index contributed by atoms with van der Waals surface area (Å²) < 4.78 is 1.68. The van der Waals surface area contributed by atoms with Crippen LogP contribution in [0.4, 0.5) is 5.82 Å². The summed E-state index contributed by atoms with van der Waals surface area (Å²) in [5.74, 6) is 1.25. The fraction of sp³-hybridized carbons (Fsp3) is 0.571. The minimum absolute atomic E-state index is 0.00429. The second kappa shape index (κ2) is 9.09. The van der Waals surface area contributed by atoms with E-state index in [0.717, 1.165) is 17.0 Å². The van der Waals surface area contributed by atoms with Gasteiger partial charge >= 0.3 is 0 Å². The molecule has 2 atom stereocenters. The van der Waals surface area contributed by atoms with Crippen LogP contribution in [0.1, 0.15) is 64.6 Å². The third-order valence-electron chi connectivity index (χ3n) is 5.76. The standard InChI is InChI=1S/C21H29N5O2S/c1-14-12-20(28)24-21(22-14)26-18(13-16(25-26)17-8-5-11-29-17)23-19(27)10-9-15-6-3-2-4-7-15/h5,8,11,13-15,21-22H,2-4,6-7,9-10,12H2,1H3,(H,23,27)(H,24,28). The number of hydrogen-bond acceptors (Lipinski definition) is 5. The van der Waals surface area contributed by atoms with Crippen molar-refractivity contribution < 1.29 is 9.59 Å². The molecule has 2 unspecified atom stereocenters. The Bertz CT molecular complexity index is 841. The van der Waals surface area contributed by atoms with Crippen LogP contribution >= 0.6 is 11.3 Å². The van der Waals surface area contributed by atoms with Gasteiger partial charge < -0.3 is 10.6 Å². The maximum Gasteiger partial charge on any atom is 0.225 e. The second-order valence-electron chi connectivity index (χ2n) is 8.17. The number of carbonyl (C=O) groups excluding carboxylic acids is 2. The van der Waals surface area contributed by atoms with Crippen LogP contribution in [0, 0.1) is 5.92 Å². The summed E-state index contributed by atoms with van der Waals surface area (Å²) in [6, 6.07) is 5.90. The van der Waals surface area contributed by atoms with Gasteiger partial charge in [0.2, 0.25) is 11.8 Å². The van der Waals surface area contributed by atoms with Crippen molar-refractivity contribution in [1.29, 1.82) is 0 Å². The highest BCUT2D eigenvalue weighted by Crippen LogP contribution is 2.29. The van der Waals surface area contributed by atoms with E-state index in [9.17, 15) is 9.59 Å². The van der Waals surface area contributed by atoms with Crippen molar-refractivity contribution in [1.82, 2.24) is 20.4 Å². The highest BCUT2D eigenvalue weighted by Gasteiger charge is 2.27. The van der Waals surface area contributed by atoms with Crippen molar-refractivity contribution in [3.05, 3.63) is 23.6 Å². The van der Waals surface area contributed by atoms with Crippen LogP contribution in [-0.2, 0) is 9.59 Å². The lowest BCUT2D eigenvalue weighted by Crippen LogP contribution is -2.52. The van der Waals surface area contributed by atoms with Gasteiger partial charge in [-0.15, -0.1) is 11.3 Å². The summed E-state index contributed by atoms with van der Waals surface area (Å²) in [5.41, 5.74) is 0.789. The van der Waals surface area contributed by atoms with Gasteiger partial charge in [0.25, 0.3) is 0 Å². The molecule has 4 rings (SSSR count). The molecule has 1 saturated carbocycles. The normalized spacial score (nSPS) is 23.0. The monoisotopic (exact) mass is 415 g/mol. The van der Waals surface area contributed by atoms with Gasteiger partial charge in [0.15, 0.2) is 6.29 Å². The van der Waals surface area contributed by atoms with Crippen LogP contribution < -0.4 is 16.0 Å². The Hall–Kier alpha value is -2.19. The molecule has 3 heterocycles. The lowest BCUT2D eigenvalue weighted by Gasteiger charge is -2.30. The van der Waals surface area contributed by atoms with E-state index >= 15 is 0 Å². The summed E-state index contributed by atoms with van der Waals surface area (Å²) in [5, 5.41) is 16.0. The molecule has 156 valence electrons. The number of nitrogens with one attached hydrogen (secondary N) is 3. The average molecular weight is 416 g/mol. The Morgan fingerprint density at radius 3 is 2.90 bits per heavy atom. The van der Waals surface area contributed by atoms with Crippen molar-refractivity contribution >= 4 is 29.0 Å². The minimum Gasteiger partial charge on any atom is -0.322 e. The second-order valence-corrected chi connectivity index (χ2v) is 9.12. The Labute approximate surface area is 175 Å². The first-order valence-corrected chi connectivity index (χ1v) is 11.4. The van der Waals surface area contributed by atoms with Crippen LogP contribution in [0.3, 0.4) is 0 Å². The number of aromatic nitrogens is 2. The molecule has 2 amide bonds. The van der Waals surface area contributed by atoms with Crippen molar-refractivity contribution in [3.8, 4) is 10.6 Å². The molecule has 8 heteroatoms. The molecule has 2 aromatic heterocycles. The molecule has 0 spiro atoms. The molecule has 1 saturated heterocycles. The van der Waals surface area contributed by atoms with E-state index in [1.54, 1.807) is 16.0 Å². The molecule has 2 fully saturated rings. The third kappa shape index (κ3) is 5.05. The van der Waals surface area contributed by atoms with E-state index in [1.807, 2.05) is 30.5 Å². The van der Waals surface area contributed by atoms with Gasteiger partial charge in [-0.25, -0.2) is 4.68 Å². The highest BCUT2D eigenvalue weighted by atomic mass is 32.1. The summed E-state index contributed by atoms with van der Waals surface area (Å²) >= 11 is 1.60. The van der Waals surface area contributed by atoms with Gasteiger partial charge in [0.1, 0.15) is 11.5 Å². The predicted molar refractivity (Wildman–Crippen MR) is 114 cm³/mol. The summed E-state index contributed by atoms with van der Waals surface area (Å²) in [4.78, 5) is 25.7. The Balaban J connectivity index is 1.49. The van der Waals surface area contributed by atoms with Gasteiger partial charge in [-0.2, -0.15) is 5.10 Å². The van der Waals surface area contributed by atoms with Crippen molar-refractivity contribution in [3.63, 3.8) is 0 Å². The molecule has 1 aliphatic carbocycles. The van der Waals surface area contributed by atoms with Crippen LogP contribution in [0.5, 0.6) is 0 Å². The molecule has 7 nitrogen and oxygen atoms in total. The summed E-state index contributed by atoms with van der Waals surface area (Å²) in [6.07, 6.45) is 7.78. The van der Waals surface area contributed by atoms with E-state index in [-0.39, 0.29) is 17.9 Å². The van der Waals surface area contributed by atoms with E-state index < -0.39 is 6.29 Å². The van der Waals surface area contributed by atoms with Gasteiger partial charge in [-0.3, -0.25) is 14.9 Å². The summed E-state index contributed by atoms with van der Waals surface area (Å²) in [6.45, 7) is 1.97. The smallest absolute Gasteiger partial charge is 0.225 e. The highest BCUT2D eigenvalue weighted by molar-refractivity contribution is 7.13.